The molecule has 5 heteroatoms. The number of benzene rings is 2. The minimum atomic E-state index is -0.00517. The van der Waals surface area contributed by atoms with E-state index < -0.39 is 0 Å². The molecule has 0 spiro atoms. The highest BCUT2D eigenvalue weighted by Crippen LogP contribution is 2.12. The molecule has 0 unspecified atom stereocenters. The molecule has 1 fully saturated rings. The zero-order valence-electron chi connectivity index (χ0n) is 18.6. The van der Waals surface area contributed by atoms with Gasteiger partial charge in [-0.05, 0) is 32.3 Å². The maximum atomic E-state index is 12.6. The molecule has 3 rings (SSSR count). The molecule has 2 aromatic rings. The van der Waals surface area contributed by atoms with Crippen molar-refractivity contribution >= 4 is 17.6 Å². The number of nitrogens with zero attached hydrogens (tertiary/aromatic N) is 2. The summed E-state index contributed by atoms with van der Waals surface area (Å²) in [5.74, 6) is 0.134. The largest absolute Gasteiger partial charge is 0.341 e. The van der Waals surface area contributed by atoms with Crippen molar-refractivity contribution in [3.05, 3.63) is 70.8 Å². The predicted octanol–water partition coefficient (Wildman–Crippen LogP) is 3.96. The Kier molecular flexibility index (Phi) is 7.99. The molecular weight excluding hydrogens is 388 g/mol. The van der Waals surface area contributed by atoms with E-state index in [2.05, 4.69) is 31.2 Å². The highest BCUT2D eigenvalue weighted by atomic mass is 16.2. The molecule has 0 aromatic heterocycles. The van der Waals surface area contributed by atoms with Gasteiger partial charge in [0.15, 0.2) is 5.78 Å². The quantitative estimate of drug-likeness (QED) is 0.637. The van der Waals surface area contributed by atoms with E-state index in [1.54, 1.807) is 4.90 Å². The van der Waals surface area contributed by atoms with E-state index in [9.17, 15) is 14.4 Å². The van der Waals surface area contributed by atoms with Gasteiger partial charge in [-0.3, -0.25) is 14.4 Å². The van der Waals surface area contributed by atoms with Crippen LogP contribution >= 0.6 is 0 Å². The Morgan fingerprint density at radius 2 is 1.19 bits per heavy atom. The van der Waals surface area contributed by atoms with Crippen LogP contribution < -0.4 is 0 Å². The SMILES string of the molecule is Cc1ccc(CCC(=O)N2CCCN(C(=O)CCC(=O)c3ccc(C)cc3)CC2)cc1. The van der Waals surface area contributed by atoms with Crippen molar-refractivity contribution in [2.24, 2.45) is 0 Å². The summed E-state index contributed by atoms with van der Waals surface area (Å²) in [6, 6.07) is 15.7. The van der Waals surface area contributed by atoms with E-state index in [1.165, 1.54) is 11.1 Å². The Bertz CT molecular complexity index is 903. The van der Waals surface area contributed by atoms with Crippen LogP contribution in [0.1, 0.15) is 52.7 Å². The molecule has 1 aliphatic rings. The van der Waals surface area contributed by atoms with Gasteiger partial charge in [0, 0.05) is 51.0 Å². The Hall–Kier alpha value is -2.95. The predicted molar refractivity (Wildman–Crippen MR) is 122 cm³/mol. The first-order chi connectivity index (χ1) is 14.9. The van der Waals surface area contributed by atoms with Crippen LogP contribution in [0.4, 0.5) is 0 Å². The lowest BCUT2D eigenvalue weighted by molar-refractivity contribution is -0.133. The van der Waals surface area contributed by atoms with Gasteiger partial charge < -0.3 is 9.80 Å². The maximum absolute atomic E-state index is 12.6. The number of ketones is 1. The number of carbonyl (C=O) groups excluding carboxylic acids is 3. The number of amides is 2. The fourth-order valence-electron chi connectivity index (χ4n) is 3.84. The Labute approximate surface area is 185 Å². The lowest BCUT2D eigenvalue weighted by Crippen LogP contribution is -2.37. The Balaban J connectivity index is 1.43. The highest BCUT2D eigenvalue weighted by Gasteiger charge is 2.22. The second kappa shape index (κ2) is 10.9. The summed E-state index contributed by atoms with van der Waals surface area (Å²) in [6.07, 6.45) is 2.43. The fourth-order valence-corrected chi connectivity index (χ4v) is 3.84. The molecular formula is C26H32N2O3. The minimum absolute atomic E-state index is 0.00363. The van der Waals surface area contributed by atoms with Gasteiger partial charge in [0.1, 0.15) is 0 Å². The summed E-state index contributed by atoms with van der Waals surface area (Å²) >= 11 is 0. The van der Waals surface area contributed by atoms with E-state index in [1.807, 2.05) is 36.1 Å². The van der Waals surface area contributed by atoms with E-state index >= 15 is 0 Å². The molecule has 0 aliphatic carbocycles. The van der Waals surface area contributed by atoms with Crippen LogP contribution in [0.3, 0.4) is 0 Å². The lowest BCUT2D eigenvalue weighted by Gasteiger charge is -2.22. The molecule has 2 amide bonds. The minimum Gasteiger partial charge on any atom is -0.341 e. The summed E-state index contributed by atoms with van der Waals surface area (Å²) in [7, 11) is 0. The molecule has 1 saturated heterocycles. The number of carbonyl (C=O) groups is 3. The molecule has 0 radical (unpaired) electrons. The monoisotopic (exact) mass is 420 g/mol. The second-order valence-corrected chi connectivity index (χ2v) is 8.39. The van der Waals surface area contributed by atoms with Crippen molar-refractivity contribution in [1.82, 2.24) is 9.80 Å². The molecule has 1 aliphatic heterocycles. The third-order valence-electron chi connectivity index (χ3n) is 5.89. The van der Waals surface area contributed by atoms with Crippen LogP contribution in [0.15, 0.2) is 48.5 Å². The fraction of sp³-hybridized carbons (Fsp3) is 0.423. The van der Waals surface area contributed by atoms with Crippen molar-refractivity contribution in [1.29, 1.82) is 0 Å². The Morgan fingerprint density at radius 1 is 0.677 bits per heavy atom. The summed E-state index contributed by atoms with van der Waals surface area (Å²) in [4.78, 5) is 41.3. The molecule has 164 valence electrons. The van der Waals surface area contributed by atoms with Crippen LogP contribution in [-0.2, 0) is 16.0 Å². The van der Waals surface area contributed by atoms with Gasteiger partial charge in [-0.2, -0.15) is 0 Å². The van der Waals surface area contributed by atoms with Crippen molar-refractivity contribution in [2.75, 3.05) is 26.2 Å². The van der Waals surface area contributed by atoms with E-state index in [0.717, 1.165) is 18.4 Å². The van der Waals surface area contributed by atoms with Crippen LogP contribution in [0.25, 0.3) is 0 Å². The van der Waals surface area contributed by atoms with Crippen molar-refractivity contribution in [3.63, 3.8) is 0 Å². The number of hydrogen-bond acceptors (Lipinski definition) is 3. The van der Waals surface area contributed by atoms with Crippen LogP contribution in [0.5, 0.6) is 0 Å². The molecule has 0 bridgehead atoms. The van der Waals surface area contributed by atoms with Gasteiger partial charge in [-0.25, -0.2) is 0 Å². The average molecular weight is 421 g/mol. The first-order valence-corrected chi connectivity index (χ1v) is 11.1. The second-order valence-electron chi connectivity index (χ2n) is 8.39. The van der Waals surface area contributed by atoms with Gasteiger partial charge >= 0.3 is 0 Å². The van der Waals surface area contributed by atoms with Crippen molar-refractivity contribution in [3.8, 4) is 0 Å². The number of Topliss-reactive ketones (excluding diaryl/α,β-unsaturated/α-hetero) is 1. The van der Waals surface area contributed by atoms with Crippen LogP contribution in [0, 0.1) is 13.8 Å². The molecule has 5 nitrogen and oxygen atoms in total. The average Bonchev–Trinajstić information content (AvgIpc) is 3.03. The van der Waals surface area contributed by atoms with Gasteiger partial charge in [-0.15, -0.1) is 0 Å². The van der Waals surface area contributed by atoms with E-state index in [4.69, 9.17) is 0 Å². The number of aryl methyl sites for hydroxylation is 3. The standard InChI is InChI=1S/C26H32N2O3/c1-20-4-8-22(9-5-20)10-14-25(30)27-16-3-17-28(19-18-27)26(31)15-13-24(29)23-11-6-21(2)7-12-23/h4-9,11-12H,3,10,13-19H2,1-2H3. The summed E-state index contributed by atoms with van der Waals surface area (Å²) in [5.41, 5.74) is 4.14. The van der Waals surface area contributed by atoms with Crippen molar-refractivity contribution in [2.45, 2.75) is 46.0 Å². The Morgan fingerprint density at radius 3 is 1.77 bits per heavy atom. The van der Waals surface area contributed by atoms with E-state index in [0.29, 0.717) is 38.2 Å². The molecule has 31 heavy (non-hydrogen) atoms. The van der Waals surface area contributed by atoms with Gasteiger partial charge in [0.2, 0.25) is 11.8 Å². The summed E-state index contributed by atoms with van der Waals surface area (Å²) in [5, 5.41) is 0. The molecule has 0 saturated carbocycles. The smallest absolute Gasteiger partial charge is 0.223 e. The zero-order chi connectivity index (χ0) is 22.2. The number of rotatable bonds is 7. The summed E-state index contributed by atoms with van der Waals surface area (Å²) < 4.78 is 0. The topological polar surface area (TPSA) is 57.7 Å². The third-order valence-corrected chi connectivity index (χ3v) is 5.89. The van der Waals surface area contributed by atoms with E-state index in [-0.39, 0.29) is 30.4 Å². The zero-order valence-corrected chi connectivity index (χ0v) is 18.6. The summed E-state index contributed by atoms with van der Waals surface area (Å²) in [6.45, 7) is 6.45. The van der Waals surface area contributed by atoms with Gasteiger partial charge in [0.25, 0.3) is 0 Å². The first kappa shape index (κ1) is 22.7. The normalized spacial score (nSPS) is 14.3. The molecule has 0 N–H and O–H groups in total. The van der Waals surface area contributed by atoms with Gasteiger partial charge in [-0.1, -0.05) is 59.7 Å². The van der Waals surface area contributed by atoms with Crippen molar-refractivity contribution < 1.29 is 14.4 Å². The first-order valence-electron chi connectivity index (χ1n) is 11.1. The van der Waals surface area contributed by atoms with Crippen LogP contribution in [0.2, 0.25) is 0 Å². The molecule has 2 aromatic carbocycles. The third kappa shape index (κ3) is 6.78. The lowest BCUT2D eigenvalue weighted by atomic mass is 10.0. The van der Waals surface area contributed by atoms with Gasteiger partial charge in [0.05, 0.1) is 0 Å². The maximum Gasteiger partial charge on any atom is 0.223 e. The van der Waals surface area contributed by atoms with Crippen LogP contribution in [-0.4, -0.2) is 53.6 Å². The number of hydrogen-bond donors (Lipinski definition) is 0. The highest BCUT2D eigenvalue weighted by molar-refractivity contribution is 5.98. The molecule has 0 atom stereocenters. The molecule has 1 heterocycles.